The van der Waals surface area contributed by atoms with Crippen molar-refractivity contribution in [3.05, 3.63) is 72.6 Å². The van der Waals surface area contributed by atoms with Crippen LogP contribution in [0.3, 0.4) is 0 Å². The van der Waals surface area contributed by atoms with E-state index in [1.165, 1.54) is 14.2 Å². The standard InChI is InChI=1S/C36H46N8O6/c1-19(2)29(43-33(45)21(5)39-35(47)49-7)31-37-17-27(41-31)25-13-9-23(10-14-25)24-11-15-26(16-12-24)28-18-38-32(42-28)30(20(3)4)44-34(46)22(6)40-36(48)50-8/h9-22,29-30H,1-8H3,(H,37,41)(H,38,42)(H,39,47)(H,40,48)(H,43,45)(H,44,46)/t21-,22-,29-,30-/m0/s1. The molecule has 0 bridgehead atoms. The second-order valence-corrected chi connectivity index (χ2v) is 12.7. The number of carbonyl (C=O) groups excluding carboxylic acids is 4. The third-order valence-corrected chi connectivity index (χ3v) is 8.26. The van der Waals surface area contributed by atoms with Crippen LogP contribution in [0.15, 0.2) is 60.9 Å². The predicted octanol–water partition coefficient (Wildman–Crippen LogP) is 5.25. The number of alkyl carbamates (subject to hydrolysis) is 2. The Morgan fingerprint density at radius 3 is 1.16 bits per heavy atom. The average Bonchev–Trinajstić information content (AvgIpc) is 3.80. The van der Waals surface area contributed by atoms with Crippen LogP contribution < -0.4 is 21.3 Å². The van der Waals surface area contributed by atoms with Gasteiger partial charge in [-0.1, -0.05) is 76.2 Å². The monoisotopic (exact) mass is 686 g/mol. The summed E-state index contributed by atoms with van der Waals surface area (Å²) in [7, 11) is 2.49. The first-order valence-corrected chi connectivity index (χ1v) is 16.4. The first kappa shape index (κ1) is 37.2. The molecule has 6 N–H and O–H groups in total. The Balaban J connectivity index is 1.42. The molecule has 0 unspecified atom stereocenters. The average molecular weight is 687 g/mol. The number of hydrogen-bond donors (Lipinski definition) is 6. The van der Waals surface area contributed by atoms with Crippen LogP contribution >= 0.6 is 0 Å². The first-order valence-electron chi connectivity index (χ1n) is 16.4. The molecule has 0 fully saturated rings. The lowest BCUT2D eigenvalue weighted by Crippen LogP contribution is -2.46. The van der Waals surface area contributed by atoms with Crippen LogP contribution in [0.4, 0.5) is 9.59 Å². The molecule has 0 aliphatic heterocycles. The van der Waals surface area contributed by atoms with Gasteiger partial charge in [0, 0.05) is 0 Å². The maximum atomic E-state index is 12.7. The van der Waals surface area contributed by atoms with Crippen LogP contribution in [0, 0.1) is 11.8 Å². The second kappa shape index (κ2) is 16.6. The largest absolute Gasteiger partial charge is 0.453 e. The van der Waals surface area contributed by atoms with Gasteiger partial charge in [-0.25, -0.2) is 19.6 Å². The highest BCUT2D eigenvalue weighted by atomic mass is 16.5. The number of aromatic nitrogens is 4. The summed E-state index contributed by atoms with van der Waals surface area (Å²) in [4.78, 5) is 64.3. The number of amides is 4. The van der Waals surface area contributed by atoms with E-state index in [-0.39, 0.29) is 23.7 Å². The quantitative estimate of drug-likeness (QED) is 0.110. The summed E-state index contributed by atoms with van der Waals surface area (Å²) in [5, 5.41) is 10.9. The molecule has 14 heteroatoms. The van der Waals surface area contributed by atoms with Gasteiger partial charge in [-0.15, -0.1) is 0 Å². The smallest absolute Gasteiger partial charge is 0.407 e. The van der Waals surface area contributed by atoms with Gasteiger partial charge >= 0.3 is 12.2 Å². The fraction of sp³-hybridized carbons (Fsp3) is 0.389. The van der Waals surface area contributed by atoms with Crippen molar-refractivity contribution in [2.24, 2.45) is 11.8 Å². The molecule has 2 aromatic heterocycles. The van der Waals surface area contributed by atoms with Gasteiger partial charge in [0.15, 0.2) is 0 Å². The van der Waals surface area contributed by atoms with Gasteiger partial charge in [0.2, 0.25) is 11.8 Å². The van der Waals surface area contributed by atoms with Crippen molar-refractivity contribution in [1.29, 1.82) is 0 Å². The number of nitrogens with zero attached hydrogens (tertiary/aromatic N) is 2. The highest BCUT2D eigenvalue weighted by Crippen LogP contribution is 2.29. The third-order valence-electron chi connectivity index (χ3n) is 8.26. The van der Waals surface area contributed by atoms with E-state index in [2.05, 4.69) is 50.7 Å². The number of rotatable bonds is 13. The molecule has 4 atom stereocenters. The minimum atomic E-state index is -0.776. The van der Waals surface area contributed by atoms with E-state index >= 15 is 0 Å². The van der Waals surface area contributed by atoms with E-state index in [1.54, 1.807) is 26.2 Å². The Morgan fingerprint density at radius 2 is 0.860 bits per heavy atom. The molecule has 0 saturated heterocycles. The third kappa shape index (κ3) is 9.27. The molecule has 2 aromatic carbocycles. The van der Waals surface area contributed by atoms with Crippen molar-refractivity contribution in [3.63, 3.8) is 0 Å². The number of carbonyl (C=O) groups is 4. The molecule has 50 heavy (non-hydrogen) atoms. The lowest BCUT2D eigenvalue weighted by Gasteiger charge is -2.22. The van der Waals surface area contributed by atoms with Gasteiger partial charge < -0.3 is 40.7 Å². The molecular weight excluding hydrogens is 640 g/mol. The number of H-pyrrole nitrogens is 2. The Hall–Kier alpha value is -5.66. The van der Waals surface area contributed by atoms with Gasteiger partial charge in [-0.05, 0) is 47.9 Å². The van der Waals surface area contributed by atoms with Gasteiger partial charge in [0.05, 0.1) is 50.1 Å². The summed E-state index contributed by atoms with van der Waals surface area (Å²) in [6.07, 6.45) is 2.13. The van der Waals surface area contributed by atoms with E-state index < -0.39 is 36.4 Å². The molecule has 4 rings (SSSR count). The molecule has 0 spiro atoms. The van der Waals surface area contributed by atoms with Crippen molar-refractivity contribution in [1.82, 2.24) is 41.2 Å². The van der Waals surface area contributed by atoms with E-state index in [4.69, 9.17) is 0 Å². The van der Waals surface area contributed by atoms with Gasteiger partial charge in [0.25, 0.3) is 0 Å². The predicted molar refractivity (Wildman–Crippen MR) is 188 cm³/mol. The Kier molecular flexibility index (Phi) is 12.4. The topological polar surface area (TPSA) is 192 Å². The second-order valence-electron chi connectivity index (χ2n) is 12.7. The minimum absolute atomic E-state index is 0.0325. The van der Waals surface area contributed by atoms with Crippen molar-refractivity contribution in [3.8, 4) is 33.6 Å². The number of methoxy groups -OCH3 is 2. The van der Waals surface area contributed by atoms with Gasteiger partial charge in [-0.3, -0.25) is 9.59 Å². The Labute approximate surface area is 291 Å². The molecule has 0 aliphatic carbocycles. The zero-order valence-electron chi connectivity index (χ0n) is 29.6. The number of imidazole rings is 2. The fourth-order valence-corrected chi connectivity index (χ4v) is 5.23. The lowest BCUT2D eigenvalue weighted by atomic mass is 10.0. The number of ether oxygens (including phenoxy) is 2. The molecular formula is C36H46N8O6. The van der Waals surface area contributed by atoms with Crippen molar-refractivity contribution < 1.29 is 28.7 Å². The van der Waals surface area contributed by atoms with Crippen molar-refractivity contribution in [2.45, 2.75) is 65.7 Å². The van der Waals surface area contributed by atoms with Crippen LogP contribution in [-0.2, 0) is 19.1 Å². The van der Waals surface area contributed by atoms with Crippen molar-refractivity contribution >= 4 is 24.0 Å². The number of benzene rings is 2. The van der Waals surface area contributed by atoms with Crippen LogP contribution in [0.1, 0.15) is 65.3 Å². The van der Waals surface area contributed by atoms with Gasteiger partial charge in [0.1, 0.15) is 23.7 Å². The molecule has 0 saturated carbocycles. The summed E-state index contributed by atoms with van der Waals surface area (Å²) < 4.78 is 9.17. The molecule has 4 amide bonds. The highest BCUT2D eigenvalue weighted by Gasteiger charge is 2.26. The van der Waals surface area contributed by atoms with E-state index in [1.807, 2.05) is 76.2 Å². The van der Waals surface area contributed by atoms with Gasteiger partial charge in [-0.2, -0.15) is 0 Å². The van der Waals surface area contributed by atoms with Crippen LogP contribution in [0.5, 0.6) is 0 Å². The zero-order valence-corrected chi connectivity index (χ0v) is 29.6. The molecule has 4 aromatic rings. The van der Waals surface area contributed by atoms with E-state index in [0.717, 1.165) is 33.6 Å². The molecule has 2 heterocycles. The Morgan fingerprint density at radius 1 is 0.540 bits per heavy atom. The minimum Gasteiger partial charge on any atom is -0.453 e. The molecule has 14 nitrogen and oxygen atoms in total. The highest BCUT2D eigenvalue weighted by molar-refractivity contribution is 5.86. The van der Waals surface area contributed by atoms with Crippen LogP contribution in [-0.4, -0.2) is 70.2 Å². The SMILES string of the molecule is COC(=O)N[C@@H](C)C(=O)N[C@H](c1ncc(-c2ccc(-c3ccc(-c4cnc([C@@H](NC(=O)[C@H](C)NC(=O)OC)C(C)C)[nH]4)cc3)cc2)[nH]1)C(C)C. The summed E-state index contributed by atoms with van der Waals surface area (Å²) in [6, 6.07) is 13.8. The number of aromatic amines is 2. The van der Waals surface area contributed by atoms with E-state index in [0.29, 0.717) is 11.6 Å². The zero-order chi connectivity index (χ0) is 36.5. The van der Waals surface area contributed by atoms with Crippen LogP contribution in [0.25, 0.3) is 33.6 Å². The molecule has 0 radical (unpaired) electrons. The summed E-state index contributed by atoms with van der Waals surface area (Å²) in [6.45, 7) is 11.1. The maximum Gasteiger partial charge on any atom is 0.407 e. The first-order chi connectivity index (χ1) is 23.8. The van der Waals surface area contributed by atoms with Crippen molar-refractivity contribution in [2.75, 3.05) is 14.2 Å². The lowest BCUT2D eigenvalue weighted by molar-refractivity contribution is -0.124. The number of hydrogen-bond acceptors (Lipinski definition) is 8. The van der Waals surface area contributed by atoms with E-state index in [9.17, 15) is 19.2 Å². The molecule has 266 valence electrons. The van der Waals surface area contributed by atoms with Crippen LogP contribution in [0.2, 0.25) is 0 Å². The molecule has 0 aliphatic rings. The summed E-state index contributed by atoms with van der Waals surface area (Å²) >= 11 is 0. The maximum absolute atomic E-state index is 12.7. The fourth-order valence-electron chi connectivity index (χ4n) is 5.23. The number of nitrogens with one attached hydrogen (secondary N) is 6. The summed E-state index contributed by atoms with van der Waals surface area (Å²) in [5.41, 5.74) is 5.55. The Bertz CT molecular complexity index is 1630. The normalized spacial score (nSPS) is 13.6. The summed E-state index contributed by atoms with van der Waals surface area (Å²) in [5.74, 6) is 0.598.